The van der Waals surface area contributed by atoms with Crippen LogP contribution in [-0.2, 0) is 9.09 Å². The molecule has 0 saturated heterocycles. The fraction of sp³-hybridized carbons (Fsp3) is 1.00. The third kappa shape index (κ3) is 1.44. The van der Waals surface area contributed by atoms with Gasteiger partial charge in [0.2, 0.25) is 0 Å². The van der Waals surface area contributed by atoms with Crippen LogP contribution in [0.15, 0.2) is 0 Å². The fourth-order valence-corrected chi connectivity index (χ4v) is 1.51. The van der Waals surface area contributed by atoms with Crippen molar-refractivity contribution in [3.05, 3.63) is 0 Å². The molecule has 0 spiro atoms. The third-order valence-electron chi connectivity index (χ3n) is 1.55. The van der Waals surface area contributed by atoms with Crippen LogP contribution in [0.2, 0.25) is 0 Å². The Balaban J connectivity index is 2.60. The van der Waals surface area contributed by atoms with Crippen molar-refractivity contribution in [3.8, 4) is 0 Å². The van der Waals surface area contributed by atoms with Gasteiger partial charge in [-0.15, -0.1) is 9.42 Å². The summed E-state index contributed by atoms with van der Waals surface area (Å²) in [6.07, 6.45) is -2.70. The van der Waals surface area contributed by atoms with Gasteiger partial charge in [-0.3, -0.25) is 0 Å². The number of alkyl halides is 4. The zero-order valence-electron chi connectivity index (χ0n) is 5.51. The van der Waals surface area contributed by atoms with Crippen molar-refractivity contribution in [3.63, 3.8) is 0 Å². The average Bonchev–Trinajstić information content (AvgIpc) is 1.85. The zero-order valence-corrected chi connectivity index (χ0v) is 7.16. The van der Waals surface area contributed by atoms with Gasteiger partial charge in [0.05, 0.1) is 6.42 Å². The lowest BCUT2D eigenvalue weighted by molar-refractivity contribution is -0.224. The molecule has 0 radical (unpaired) electrons. The Kier molecular flexibility index (Phi) is 2.38. The van der Waals surface area contributed by atoms with Crippen LogP contribution in [0, 0.1) is 0 Å². The van der Waals surface area contributed by atoms with Gasteiger partial charge < -0.3 is 0 Å². The van der Waals surface area contributed by atoms with Crippen LogP contribution in [0.1, 0.15) is 6.42 Å². The lowest BCUT2D eigenvalue weighted by atomic mass is 9.88. The van der Waals surface area contributed by atoms with Crippen molar-refractivity contribution in [1.29, 1.82) is 0 Å². The summed E-state index contributed by atoms with van der Waals surface area (Å²) >= 11 is 4.72. The van der Waals surface area contributed by atoms with Crippen molar-refractivity contribution in [2.45, 2.75) is 23.6 Å². The quantitative estimate of drug-likeness (QED) is 0.575. The third-order valence-corrected chi connectivity index (χ3v) is 2.51. The summed E-state index contributed by atoms with van der Waals surface area (Å²) in [5.41, 5.74) is 0. The standard InChI is InChI=1S/C4H3ClF3O3P/c5-4(8)2(11-12(9)10)1-3(4,6)7/h2H,1H2/p+1. The first-order valence-electron chi connectivity index (χ1n) is 2.86. The van der Waals surface area contributed by atoms with E-state index in [4.69, 9.17) is 16.5 Å². The van der Waals surface area contributed by atoms with E-state index in [-0.39, 0.29) is 0 Å². The van der Waals surface area contributed by atoms with E-state index in [2.05, 4.69) is 4.52 Å². The Labute approximate surface area is 71.4 Å². The molecule has 1 aliphatic rings. The smallest absolute Gasteiger partial charge is 0.216 e. The lowest BCUT2D eigenvalue weighted by Crippen LogP contribution is -2.61. The molecule has 0 bridgehead atoms. The minimum atomic E-state index is -3.69. The summed E-state index contributed by atoms with van der Waals surface area (Å²) in [6.45, 7) is 0. The zero-order chi connectivity index (χ0) is 9.57. The first-order chi connectivity index (χ1) is 5.27. The van der Waals surface area contributed by atoms with Gasteiger partial charge in [0.1, 0.15) is 0 Å². The van der Waals surface area contributed by atoms with Crippen LogP contribution in [0.5, 0.6) is 0 Å². The Morgan fingerprint density at radius 2 is 2.08 bits per heavy atom. The van der Waals surface area contributed by atoms with Gasteiger partial charge in [0.25, 0.3) is 5.13 Å². The first kappa shape index (κ1) is 10.2. The SMILES string of the molecule is O=[P+](O)OC1CC(F)(F)C1(F)Cl. The summed E-state index contributed by atoms with van der Waals surface area (Å²) in [5.74, 6) is -3.69. The van der Waals surface area contributed by atoms with Crippen LogP contribution in [-0.4, -0.2) is 22.0 Å². The van der Waals surface area contributed by atoms with E-state index in [1.54, 1.807) is 0 Å². The van der Waals surface area contributed by atoms with Gasteiger partial charge in [-0.25, -0.2) is 13.2 Å². The van der Waals surface area contributed by atoms with Crippen LogP contribution >= 0.6 is 19.9 Å². The van der Waals surface area contributed by atoms with Gasteiger partial charge in [0.15, 0.2) is 6.10 Å². The molecule has 12 heavy (non-hydrogen) atoms. The van der Waals surface area contributed by atoms with E-state index in [9.17, 15) is 17.7 Å². The molecular formula is C4H4ClF3O3P+. The summed E-state index contributed by atoms with van der Waals surface area (Å²) in [6, 6.07) is 0. The molecule has 1 rings (SSSR count). The second-order valence-corrected chi connectivity index (χ2v) is 3.60. The molecule has 0 aromatic carbocycles. The molecule has 0 aromatic heterocycles. The number of rotatable bonds is 2. The van der Waals surface area contributed by atoms with Crippen molar-refractivity contribution < 1.29 is 27.2 Å². The van der Waals surface area contributed by atoms with Crippen LogP contribution < -0.4 is 0 Å². The molecule has 0 heterocycles. The molecule has 3 unspecified atom stereocenters. The van der Waals surface area contributed by atoms with Crippen LogP contribution in [0.25, 0.3) is 0 Å². The topological polar surface area (TPSA) is 46.5 Å². The van der Waals surface area contributed by atoms with E-state index < -0.39 is 31.8 Å². The van der Waals surface area contributed by atoms with Crippen molar-refractivity contribution >= 4 is 19.9 Å². The minimum Gasteiger partial charge on any atom is -0.216 e. The molecule has 0 amide bonds. The highest BCUT2D eigenvalue weighted by Crippen LogP contribution is 2.55. The molecule has 1 fully saturated rings. The summed E-state index contributed by atoms with van der Waals surface area (Å²) in [7, 11) is -3.10. The normalized spacial score (nSPS) is 40.4. The maximum absolute atomic E-state index is 12.7. The Morgan fingerprint density at radius 1 is 1.58 bits per heavy atom. The van der Waals surface area contributed by atoms with Crippen LogP contribution in [0.3, 0.4) is 0 Å². The van der Waals surface area contributed by atoms with E-state index in [1.165, 1.54) is 0 Å². The largest absolute Gasteiger partial charge is 0.695 e. The lowest BCUT2D eigenvalue weighted by Gasteiger charge is -2.41. The van der Waals surface area contributed by atoms with Gasteiger partial charge in [-0.1, -0.05) is 11.6 Å². The van der Waals surface area contributed by atoms with E-state index in [0.717, 1.165) is 0 Å². The second kappa shape index (κ2) is 2.80. The predicted molar refractivity (Wildman–Crippen MR) is 34.0 cm³/mol. The molecule has 3 atom stereocenters. The maximum atomic E-state index is 12.7. The average molecular weight is 223 g/mol. The Morgan fingerprint density at radius 3 is 2.33 bits per heavy atom. The van der Waals surface area contributed by atoms with Crippen LogP contribution in [0.4, 0.5) is 13.2 Å². The molecule has 1 saturated carbocycles. The molecule has 1 N–H and O–H groups in total. The van der Waals surface area contributed by atoms with E-state index >= 15 is 0 Å². The number of hydrogen-bond acceptors (Lipinski definition) is 2. The molecule has 3 nitrogen and oxygen atoms in total. The van der Waals surface area contributed by atoms with Gasteiger partial charge >= 0.3 is 14.2 Å². The van der Waals surface area contributed by atoms with E-state index in [0.29, 0.717) is 0 Å². The summed E-state index contributed by atoms with van der Waals surface area (Å²) in [5, 5.41) is -3.36. The van der Waals surface area contributed by atoms with Gasteiger partial charge in [0, 0.05) is 4.57 Å². The Bertz CT molecular complexity index is 222. The fourth-order valence-electron chi connectivity index (χ4n) is 0.814. The van der Waals surface area contributed by atoms with E-state index in [1.807, 2.05) is 0 Å². The molecule has 8 heteroatoms. The highest BCUT2D eigenvalue weighted by Gasteiger charge is 2.73. The molecule has 0 aliphatic heterocycles. The monoisotopic (exact) mass is 223 g/mol. The molecular weight excluding hydrogens is 219 g/mol. The second-order valence-electron chi connectivity index (χ2n) is 2.36. The molecule has 0 aromatic rings. The van der Waals surface area contributed by atoms with Crippen molar-refractivity contribution in [1.82, 2.24) is 0 Å². The van der Waals surface area contributed by atoms with Crippen molar-refractivity contribution in [2.75, 3.05) is 0 Å². The molecule has 1 aliphatic carbocycles. The highest BCUT2D eigenvalue weighted by atomic mass is 35.5. The maximum Gasteiger partial charge on any atom is 0.695 e. The number of hydrogen-bond donors (Lipinski definition) is 1. The summed E-state index contributed by atoms with van der Waals surface area (Å²) in [4.78, 5) is 8.11. The predicted octanol–water partition coefficient (Wildman–Crippen LogP) is 1.96. The minimum absolute atomic E-state index is 0.978. The van der Waals surface area contributed by atoms with Gasteiger partial charge in [-0.05, 0) is 0 Å². The van der Waals surface area contributed by atoms with Gasteiger partial charge in [-0.2, -0.15) is 0 Å². The summed E-state index contributed by atoms with van der Waals surface area (Å²) < 4.78 is 51.0. The van der Waals surface area contributed by atoms with Crippen molar-refractivity contribution in [2.24, 2.45) is 0 Å². The molecule has 70 valence electrons. The number of halogens is 4. The first-order valence-corrected chi connectivity index (χ1v) is 4.37. The highest BCUT2D eigenvalue weighted by molar-refractivity contribution is 7.32. The Hall–Kier alpha value is 0.1000.